The summed E-state index contributed by atoms with van der Waals surface area (Å²) in [6.07, 6.45) is 2.14. The minimum atomic E-state index is -0.242. The number of anilines is 1. The number of amides is 2. The molecule has 5 heteroatoms. The van der Waals surface area contributed by atoms with Gasteiger partial charge in [-0.05, 0) is 42.7 Å². The minimum absolute atomic E-state index is 0.0441. The fourth-order valence-electron chi connectivity index (χ4n) is 2.50. The van der Waals surface area contributed by atoms with Crippen molar-refractivity contribution in [1.29, 1.82) is 0 Å². The van der Waals surface area contributed by atoms with Gasteiger partial charge in [0.25, 0.3) is 0 Å². The Morgan fingerprint density at radius 3 is 2.36 bits per heavy atom. The second-order valence-corrected chi connectivity index (χ2v) is 6.42. The molecule has 2 amide bonds. The fourth-order valence-corrected chi connectivity index (χ4v) is 2.81. The van der Waals surface area contributed by atoms with E-state index in [1.807, 2.05) is 36.4 Å². The molecule has 0 atom stereocenters. The van der Waals surface area contributed by atoms with Gasteiger partial charge < -0.3 is 10.6 Å². The average Bonchev–Trinajstić information content (AvgIpc) is 3.29. The third-order valence-corrected chi connectivity index (χ3v) is 4.60. The third-order valence-electron chi connectivity index (χ3n) is 4.02. The van der Waals surface area contributed by atoms with Crippen LogP contribution in [-0.4, -0.2) is 12.6 Å². The van der Waals surface area contributed by atoms with Gasteiger partial charge in [0.15, 0.2) is 0 Å². The molecule has 0 unspecified atom stereocenters. The molecule has 0 spiro atoms. The molecule has 114 valence electrons. The van der Waals surface area contributed by atoms with Crippen LogP contribution in [0.15, 0.2) is 48.5 Å². The zero-order valence-corrected chi connectivity index (χ0v) is 13.4. The van der Waals surface area contributed by atoms with Gasteiger partial charge in [-0.2, -0.15) is 0 Å². The Bertz CT molecular complexity index is 681. The van der Waals surface area contributed by atoms with Crippen LogP contribution >= 0.6 is 23.2 Å². The van der Waals surface area contributed by atoms with Crippen molar-refractivity contribution >= 4 is 34.9 Å². The highest BCUT2D eigenvalue weighted by molar-refractivity contribution is 6.33. The lowest BCUT2D eigenvalue weighted by atomic mass is 9.96. The van der Waals surface area contributed by atoms with E-state index in [4.69, 9.17) is 23.2 Å². The Kier molecular flexibility index (Phi) is 4.27. The largest absolute Gasteiger partial charge is 0.337 e. The van der Waals surface area contributed by atoms with E-state index in [1.165, 1.54) is 5.56 Å². The van der Waals surface area contributed by atoms with Crippen LogP contribution in [-0.2, 0) is 5.41 Å². The third kappa shape index (κ3) is 3.37. The maximum absolute atomic E-state index is 12.0. The Labute approximate surface area is 139 Å². The molecule has 0 aromatic heterocycles. The quantitative estimate of drug-likeness (QED) is 0.824. The molecule has 0 radical (unpaired) electrons. The first-order chi connectivity index (χ1) is 10.6. The van der Waals surface area contributed by atoms with E-state index in [0.717, 1.165) is 17.9 Å². The lowest BCUT2D eigenvalue weighted by molar-refractivity contribution is 0.251. The molecule has 2 aromatic rings. The number of carbonyl (C=O) groups excluding carboxylic acids is 1. The van der Waals surface area contributed by atoms with Gasteiger partial charge in [0, 0.05) is 17.0 Å². The maximum Gasteiger partial charge on any atom is 0.319 e. The summed E-state index contributed by atoms with van der Waals surface area (Å²) in [4.78, 5) is 12.0. The Hall–Kier alpha value is -1.71. The van der Waals surface area contributed by atoms with Crippen LogP contribution in [0.4, 0.5) is 10.5 Å². The first kappa shape index (κ1) is 15.2. The summed E-state index contributed by atoms with van der Waals surface area (Å²) >= 11 is 11.9. The number of urea groups is 1. The number of rotatable bonds is 4. The van der Waals surface area contributed by atoms with Crippen molar-refractivity contribution in [2.75, 3.05) is 11.9 Å². The molecule has 1 saturated carbocycles. The summed E-state index contributed by atoms with van der Waals surface area (Å²) in [5.74, 6) is 0. The smallest absolute Gasteiger partial charge is 0.319 e. The molecule has 0 heterocycles. The molecule has 2 N–H and O–H groups in total. The number of nitrogens with one attached hydrogen (secondary N) is 2. The zero-order valence-electron chi connectivity index (χ0n) is 11.9. The number of benzene rings is 2. The SMILES string of the molecule is O=C(NCC1(c2ccc(Cl)cc2)CC1)Nc1ccccc1Cl. The number of hydrogen-bond acceptors (Lipinski definition) is 1. The topological polar surface area (TPSA) is 41.1 Å². The van der Waals surface area contributed by atoms with E-state index in [-0.39, 0.29) is 11.4 Å². The van der Waals surface area contributed by atoms with Crippen molar-refractivity contribution < 1.29 is 4.79 Å². The van der Waals surface area contributed by atoms with E-state index in [2.05, 4.69) is 10.6 Å². The molecule has 22 heavy (non-hydrogen) atoms. The van der Waals surface area contributed by atoms with Crippen LogP contribution < -0.4 is 10.6 Å². The number of halogens is 2. The molecule has 0 saturated heterocycles. The summed E-state index contributed by atoms with van der Waals surface area (Å²) in [6.45, 7) is 0.602. The van der Waals surface area contributed by atoms with E-state index in [9.17, 15) is 4.79 Å². The summed E-state index contributed by atoms with van der Waals surface area (Å²) in [5, 5.41) is 6.95. The van der Waals surface area contributed by atoms with Crippen LogP contribution in [0.3, 0.4) is 0 Å². The maximum atomic E-state index is 12.0. The fraction of sp³-hybridized carbons (Fsp3) is 0.235. The molecule has 3 nitrogen and oxygen atoms in total. The number of hydrogen-bond donors (Lipinski definition) is 2. The van der Waals surface area contributed by atoms with Gasteiger partial charge in [0.1, 0.15) is 0 Å². The predicted molar refractivity (Wildman–Crippen MR) is 90.8 cm³/mol. The zero-order chi connectivity index (χ0) is 15.6. The highest BCUT2D eigenvalue weighted by Gasteiger charge is 2.44. The Balaban J connectivity index is 1.59. The minimum Gasteiger partial charge on any atom is -0.337 e. The highest BCUT2D eigenvalue weighted by atomic mass is 35.5. The first-order valence-corrected chi connectivity index (χ1v) is 7.90. The van der Waals surface area contributed by atoms with Crippen LogP contribution in [0.1, 0.15) is 18.4 Å². The van der Waals surface area contributed by atoms with Gasteiger partial charge in [-0.25, -0.2) is 4.79 Å². The molecule has 1 aliphatic rings. The first-order valence-electron chi connectivity index (χ1n) is 7.15. The summed E-state index contributed by atoms with van der Waals surface area (Å²) < 4.78 is 0. The van der Waals surface area contributed by atoms with Crippen LogP contribution in [0.2, 0.25) is 10.0 Å². The monoisotopic (exact) mass is 334 g/mol. The summed E-state index contributed by atoms with van der Waals surface area (Å²) in [5.41, 5.74) is 1.87. The number of para-hydroxylation sites is 1. The second-order valence-electron chi connectivity index (χ2n) is 5.57. The highest BCUT2D eigenvalue weighted by Crippen LogP contribution is 2.47. The molecule has 0 bridgehead atoms. The van der Waals surface area contributed by atoms with Gasteiger partial charge >= 0.3 is 6.03 Å². The van der Waals surface area contributed by atoms with Gasteiger partial charge in [0.2, 0.25) is 0 Å². The van der Waals surface area contributed by atoms with Crippen molar-refractivity contribution in [1.82, 2.24) is 5.32 Å². The van der Waals surface area contributed by atoms with Gasteiger partial charge in [-0.15, -0.1) is 0 Å². The number of carbonyl (C=O) groups is 1. The van der Waals surface area contributed by atoms with Gasteiger partial charge in [0.05, 0.1) is 10.7 Å². The van der Waals surface area contributed by atoms with Crippen molar-refractivity contribution in [2.24, 2.45) is 0 Å². The molecule has 3 rings (SSSR count). The lowest BCUT2D eigenvalue weighted by Crippen LogP contribution is -2.35. The van der Waals surface area contributed by atoms with Gasteiger partial charge in [-0.1, -0.05) is 47.5 Å². The lowest BCUT2D eigenvalue weighted by Gasteiger charge is -2.17. The van der Waals surface area contributed by atoms with Crippen molar-refractivity contribution in [3.8, 4) is 0 Å². The van der Waals surface area contributed by atoms with Crippen LogP contribution in [0.5, 0.6) is 0 Å². The molecule has 1 aliphatic carbocycles. The van der Waals surface area contributed by atoms with Crippen molar-refractivity contribution in [2.45, 2.75) is 18.3 Å². The Morgan fingerprint density at radius 1 is 1.05 bits per heavy atom. The van der Waals surface area contributed by atoms with Crippen LogP contribution in [0, 0.1) is 0 Å². The Morgan fingerprint density at radius 2 is 1.73 bits per heavy atom. The van der Waals surface area contributed by atoms with E-state index < -0.39 is 0 Å². The average molecular weight is 335 g/mol. The van der Waals surface area contributed by atoms with Crippen molar-refractivity contribution in [3.05, 3.63) is 64.1 Å². The van der Waals surface area contributed by atoms with Crippen LogP contribution in [0.25, 0.3) is 0 Å². The van der Waals surface area contributed by atoms with Crippen molar-refractivity contribution in [3.63, 3.8) is 0 Å². The molecule has 1 fully saturated rings. The van der Waals surface area contributed by atoms with E-state index in [0.29, 0.717) is 17.3 Å². The molecular weight excluding hydrogens is 319 g/mol. The van der Waals surface area contributed by atoms with Gasteiger partial charge in [-0.3, -0.25) is 0 Å². The molecule has 2 aromatic carbocycles. The summed E-state index contributed by atoms with van der Waals surface area (Å²) in [7, 11) is 0. The van der Waals surface area contributed by atoms with E-state index in [1.54, 1.807) is 12.1 Å². The second kappa shape index (κ2) is 6.19. The molecule has 0 aliphatic heterocycles. The summed E-state index contributed by atoms with van der Waals surface area (Å²) in [6, 6.07) is 14.8. The van der Waals surface area contributed by atoms with E-state index >= 15 is 0 Å². The predicted octanol–water partition coefficient (Wildman–Crippen LogP) is 4.85. The standard InChI is InChI=1S/C17H16Cl2N2O/c18-13-7-5-12(6-8-13)17(9-10-17)11-20-16(22)21-15-4-2-1-3-14(15)19/h1-8H,9-11H2,(H2,20,21,22). The molecular formula is C17H16Cl2N2O. The normalized spacial score (nSPS) is 15.2.